The van der Waals surface area contributed by atoms with Crippen molar-refractivity contribution < 1.29 is 9.90 Å². The average molecular weight is 585 g/mol. The summed E-state index contributed by atoms with van der Waals surface area (Å²) >= 11 is 0. The summed E-state index contributed by atoms with van der Waals surface area (Å²) in [6.07, 6.45) is 4.19. The maximum Gasteiger partial charge on any atom is 0.291 e. The fourth-order valence-corrected chi connectivity index (χ4v) is 6.18. The van der Waals surface area contributed by atoms with Gasteiger partial charge in [-0.05, 0) is 127 Å². The van der Waals surface area contributed by atoms with E-state index in [2.05, 4.69) is 156 Å². The van der Waals surface area contributed by atoms with E-state index < -0.39 is 0 Å². The van der Waals surface area contributed by atoms with E-state index in [0.29, 0.717) is 0 Å². The molecule has 0 atom stereocenters. The summed E-state index contributed by atoms with van der Waals surface area (Å²) in [5.74, 6) is 1.17. The highest BCUT2D eigenvalue weighted by Gasteiger charge is 2.45. The molecule has 1 aliphatic carbocycles. The van der Waals surface area contributed by atoms with E-state index in [-0.39, 0.29) is 33.2 Å². The van der Waals surface area contributed by atoms with Crippen LogP contribution in [0, 0.1) is 16.7 Å². The molecular formula is C42H48O2. The number of allylic oxidation sites excluding steroid dienone is 4. The topological polar surface area (TPSA) is 40.1 Å². The van der Waals surface area contributed by atoms with E-state index in [0.717, 1.165) is 55.7 Å². The number of ketones is 1. The van der Waals surface area contributed by atoms with Crippen LogP contribution in [0.15, 0.2) is 78.4 Å². The molecule has 0 aliphatic heterocycles. The third kappa shape index (κ3) is 5.96. The summed E-state index contributed by atoms with van der Waals surface area (Å²) in [4.78, 5) is 13.5. The maximum absolute atomic E-state index is 13.5. The Labute approximate surface area is 264 Å². The quantitative estimate of drug-likeness (QED) is 0.174. The van der Waals surface area contributed by atoms with Crippen molar-refractivity contribution in [2.75, 3.05) is 0 Å². The highest BCUT2D eigenvalue weighted by atomic mass is 16.3. The third-order valence-electron chi connectivity index (χ3n) is 8.87. The van der Waals surface area contributed by atoms with Gasteiger partial charge >= 0.3 is 0 Å². The molecule has 1 aliphatic rings. The van der Waals surface area contributed by atoms with Gasteiger partial charge in [-0.2, -0.15) is 0 Å². The molecule has 0 saturated carbocycles. The van der Waals surface area contributed by atoms with Gasteiger partial charge in [-0.3, -0.25) is 4.79 Å². The minimum Gasteiger partial charge on any atom is -0.872 e. The zero-order valence-corrected chi connectivity index (χ0v) is 28.7. The van der Waals surface area contributed by atoms with Gasteiger partial charge in [0.25, 0.3) is 5.78 Å². The molecule has 5 rings (SSSR count). The van der Waals surface area contributed by atoms with E-state index in [1.54, 1.807) is 0 Å². The standard InChI is InChI=1S/C42H48O2/c1-39(2,3)33-21-31(22-34(37(33)43)40(4,5)6)27-15-13-25-17-26-14-16-28(19-30(26)20-29(25)18-27)32-23-35(41(7,8)9)38(44)36(24-32)42(10,11)12/h13-24H,1-12H3. The Morgan fingerprint density at radius 2 is 1.02 bits per heavy atom. The van der Waals surface area contributed by atoms with Gasteiger partial charge < -0.3 is 5.11 Å². The van der Waals surface area contributed by atoms with Crippen LogP contribution in [-0.2, 0) is 15.6 Å². The highest BCUT2D eigenvalue weighted by molar-refractivity contribution is 6.14. The SMILES string of the molecule is CC(C)(C)C1=CC(c2ccc3cc4ccc(-c5cc(C(C)(C)C)c([O-])c(C(C)(C)C)c5)cc4cc3c2)=C[C+](C(C)(C)C)C1=O. The van der Waals surface area contributed by atoms with Crippen molar-refractivity contribution in [2.24, 2.45) is 10.8 Å². The summed E-state index contributed by atoms with van der Waals surface area (Å²) in [6.45, 7) is 25.4. The number of hydrogen-bond acceptors (Lipinski definition) is 2. The molecule has 228 valence electrons. The molecule has 0 saturated heterocycles. The second-order valence-electron chi connectivity index (χ2n) is 16.8. The molecule has 0 radical (unpaired) electrons. The molecule has 4 aromatic carbocycles. The minimum absolute atomic E-state index is 0.155. The van der Waals surface area contributed by atoms with Crippen molar-refractivity contribution in [2.45, 2.75) is 93.9 Å². The zero-order valence-electron chi connectivity index (χ0n) is 28.7. The van der Waals surface area contributed by atoms with Gasteiger partial charge in [0.1, 0.15) is 11.5 Å². The average Bonchev–Trinajstić information content (AvgIpc) is 2.89. The lowest BCUT2D eigenvalue weighted by Gasteiger charge is -2.34. The summed E-state index contributed by atoms with van der Waals surface area (Å²) in [6, 6.07) is 21.9. The molecule has 0 unspecified atom stereocenters. The van der Waals surface area contributed by atoms with Crippen molar-refractivity contribution in [1.82, 2.24) is 0 Å². The van der Waals surface area contributed by atoms with Crippen molar-refractivity contribution in [1.29, 1.82) is 0 Å². The molecule has 0 spiro atoms. The number of rotatable bonds is 2. The summed E-state index contributed by atoms with van der Waals surface area (Å²) in [5.41, 5.74) is 5.96. The van der Waals surface area contributed by atoms with Crippen LogP contribution in [0.1, 0.15) is 99.8 Å². The molecule has 0 fully saturated rings. The second-order valence-corrected chi connectivity index (χ2v) is 16.8. The van der Waals surface area contributed by atoms with Crippen LogP contribution in [0.4, 0.5) is 0 Å². The lowest BCUT2D eigenvalue weighted by atomic mass is 9.68. The smallest absolute Gasteiger partial charge is 0.291 e. The first-order chi connectivity index (χ1) is 20.1. The van der Waals surface area contributed by atoms with Gasteiger partial charge in [0, 0.05) is 16.4 Å². The van der Waals surface area contributed by atoms with Crippen molar-refractivity contribution >= 4 is 32.9 Å². The van der Waals surface area contributed by atoms with Crippen molar-refractivity contribution in [3.8, 4) is 16.9 Å². The van der Waals surface area contributed by atoms with Crippen LogP contribution in [0.2, 0.25) is 0 Å². The number of carbonyl (C=O) groups excluding carboxylic acids is 1. The molecule has 4 aromatic rings. The zero-order chi connectivity index (χ0) is 32.6. The monoisotopic (exact) mass is 584 g/mol. The van der Waals surface area contributed by atoms with Crippen LogP contribution in [0.3, 0.4) is 0 Å². The van der Waals surface area contributed by atoms with Crippen LogP contribution in [0.5, 0.6) is 5.75 Å². The molecule has 2 nitrogen and oxygen atoms in total. The van der Waals surface area contributed by atoms with E-state index >= 15 is 0 Å². The molecular weight excluding hydrogens is 536 g/mol. The van der Waals surface area contributed by atoms with Crippen LogP contribution < -0.4 is 5.11 Å². The molecule has 2 heteroatoms. The van der Waals surface area contributed by atoms with Crippen LogP contribution >= 0.6 is 0 Å². The summed E-state index contributed by atoms with van der Waals surface area (Å²) in [7, 11) is 0. The lowest BCUT2D eigenvalue weighted by Crippen LogP contribution is -2.32. The van der Waals surface area contributed by atoms with Gasteiger partial charge in [-0.15, -0.1) is 5.75 Å². The molecule has 0 amide bonds. The van der Waals surface area contributed by atoms with Crippen LogP contribution in [0.25, 0.3) is 38.2 Å². The second kappa shape index (κ2) is 10.4. The van der Waals surface area contributed by atoms with Crippen LogP contribution in [-0.4, -0.2) is 5.78 Å². The van der Waals surface area contributed by atoms with Crippen molar-refractivity contribution in [3.05, 3.63) is 101 Å². The first kappa shape index (κ1) is 31.6. The van der Waals surface area contributed by atoms with Gasteiger partial charge in [0.05, 0.1) is 17.7 Å². The molecule has 0 aromatic heterocycles. The number of Topliss-reactive ketones (excluding diaryl/α,β-unsaturated/α-hetero) is 1. The van der Waals surface area contributed by atoms with Gasteiger partial charge in [0.2, 0.25) is 0 Å². The molecule has 0 N–H and O–H groups in total. The fourth-order valence-electron chi connectivity index (χ4n) is 6.18. The number of hydrogen-bond donors (Lipinski definition) is 0. The summed E-state index contributed by atoms with van der Waals surface area (Å²) < 4.78 is 0. The lowest BCUT2D eigenvalue weighted by molar-refractivity contribution is -0.271. The Morgan fingerprint density at radius 3 is 1.50 bits per heavy atom. The molecule has 0 bridgehead atoms. The van der Waals surface area contributed by atoms with E-state index in [4.69, 9.17) is 0 Å². The first-order valence-corrected chi connectivity index (χ1v) is 15.8. The predicted molar refractivity (Wildman–Crippen MR) is 187 cm³/mol. The van der Waals surface area contributed by atoms with Crippen molar-refractivity contribution in [3.63, 3.8) is 0 Å². The minimum atomic E-state index is -0.249. The van der Waals surface area contributed by atoms with E-state index in [9.17, 15) is 9.90 Å². The Morgan fingerprint density at radius 1 is 0.545 bits per heavy atom. The normalized spacial score (nSPS) is 15.2. The number of benzene rings is 4. The number of carbonyl (C=O) groups is 1. The molecule has 44 heavy (non-hydrogen) atoms. The van der Waals surface area contributed by atoms with Gasteiger partial charge in [-0.25, -0.2) is 0 Å². The number of fused-ring (bicyclic) bond motifs is 2. The van der Waals surface area contributed by atoms with E-state index in [1.165, 1.54) is 10.8 Å². The fraction of sp³-hybridized carbons (Fsp3) is 0.381. The predicted octanol–water partition coefficient (Wildman–Crippen LogP) is 10.9. The Balaban J connectivity index is 1.65. The Hall–Kier alpha value is -3.78. The highest BCUT2D eigenvalue weighted by Crippen LogP contribution is 2.44. The third-order valence-corrected chi connectivity index (χ3v) is 8.87. The molecule has 0 heterocycles. The van der Waals surface area contributed by atoms with E-state index in [1.807, 2.05) is 0 Å². The Kier molecular flexibility index (Phi) is 7.48. The maximum atomic E-state index is 13.5. The first-order valence-electron chi connectivity index (χ1n) is 15.8. The largest absolute Gasteiger partial charge is 0.872 e. The van der Waals surface area contributed by atoms with Gasteiger partial charge in [0.15, 0.2) is 0 Å². The van der Waals surface area contributed by atoms with Gasteiger partial charge in [-0.1, -0.05) is 71.9 Å². The Bertz CT molecular complexity index is 1820. The summed E-state index contributed by atoms with van der Waals surface area (Å²) in [5, 5.41) is 18.2.